The van der Waals surface area contributed by atoms with Gasteiger partial charge in [-0.2, -0.15) is 0 Å². The first-order chi connectivity index (χ1) is 11.9. The molecule has 6 nitrogen and oxygen atoms in total. The molecule has 0 aliphatic rings. The monoisotopic (exact) mass is 342 g/mol. The predicted molar refractivity (Wildman–Crippen MR) is 98.8 cm³/mol. The van der Waals surface area contributed by atoms with E-state index in [9.17, 15) is 4.79 Å². The fourth-order valence-corrected chi connectivity index (χ4v) is 2.78. The van der Waals surface area contributed by atoms with E-state index in [0.717, 1.165) is 17.7 Å². The number of amides is 1. The summed E-state index contributed by atoms with van der Waals surface area (Å²) in [5, 5.41) is 2.62. The summed E-state index contributed by atoms with van der Waals surface area (Å²) in [4.78, 5) is 20.6. The molecule has 2 atom stereocenters. The third kappa shape index (κ3) is 4.07. The van der Waals surface area contributed by atoms with Crippen LogP contribution in [-0.2, 0) is 0 Å². The Morgan fingerprint density at radius 1 is 1.28 bits per heavy atom. The number of benzene rings is 1. The molecule has 134 valence electrons. The molecule has 0 bridgehead atoms. The highest BCUT2D eigenvalue weighted by molar-refractivity contribution is 5.96. The molecule has 1 heterocycles. The molecular formula is C19H26N4O2. The number of aryl methyl sites for hydroxylation is 1. The quantitative estimate of drug-likeness (QED) is 0.840. The largest absolute Gasteiger partial charge is 0.484 e. The highest BCUT2D eigenvalue weighted by Gasteiger charge is 2.23. The van der Waals surface area contributed by atoms with Crippen molar-refractivity contribution < 1.29 is 9.53 Å². The summed E-state index contributed by atoms with van der Waals surface area (Å²) >= 11 is 0. The maximum Gasteiger partial charge on any atom is 0.254 e. The van der Waals surface area contributed by atoms with E-state index in [0.29, 0.717) is 22.9 Å². The maximum absolute atomic E-state index is 12.3. The van der Waals surface area contributed by atoms with Crippen LogP contribution in [0.25, 0.3) is 0 Å². The zero-order chi connectivity index (χ0) is 18.6. The molecule has 25 heavy (non-hydrogen) atoms. The van der Waals surface area contributed by atoms with Crippen molar-refractivity contribution in [2.24, 2.45) is 0 Å². The van der Waals surface area contributed by atoms with Gasteiger partial charge in [-0.15, -0.1) is 0 Å². The molecule has 2 rings (SSSR count). The van der Waals surface area contributed by atoms with Gasteiger partial charge in [0.2, 0.25) is 5.95 Å². The van der Waals surface area contributed by atoms with Crippen molar-refractivity contribution in [1.29, 1.82) is 0 Å². The number of nitrogens with zero attached hydrogens (tertiary/aromatic N) is 2. The minimum absolute atomic E-state index is 0.130. The smallest absolute Gasteiger partial charge is 0.254 e. The van der Waals surface area contributed by atoms with E-state index in [2.05, 4.69) is 35.2 Å². The van der Waals surface area contributed by atoms with Gasteiger partial charge in [-0.25, -0.2) is 9.97 Å². The molecule has 2 aromatic rings. The number of nitrogens with two attached hydrogens (primary N) is 1. The number of nitrogens with one attached hydrogen (secondary N) is 1. The van der Waals surface area contributed by atoms with E-state index in [1.165, 1.54) is 0 Å². The van der Waals surface area contributed by atoms with E-state index < -0.39 is 6.10 Å². The summed E-state index contributed by atoms with van der Waals surface area (Å²) < 4.78 is 6.17. The minimum Gasteiger partial charge on any atom is -0.484 e. The Bertz CT molecular complexity index is 761. The molecule has 2 unspecified atom stereocenters. The van der Waals surface area contributed by atoms with Crippen molar-refractivity contribution in [2.75, 3.05) is 12.8 Å². The summed E-state index contributed by atoms with van der Waals surface area (Å²) in [6, 6.07) is 7.94. The number of para-hydroxylation sites is 1. The molecule has 1 aromatic heterocycles. The zero-order valence-corrected chi connectivity index (χ0v) is 15.5. The summed E-state index contributed by atoms with van der Waals surface area (Å²) in [7, 11) is 1.58. The Morgan fingerprint density at radius 3 is 2.60 bits per heavy atom. The average Bonchev–Trinajstić information content (AvgIpc) is 2.60. The number of anilines is 1. The van der Waals surface area contributed by atoms with Crippen LogP contribution >= 0.6 is 0 Å². The van der Waals surface area contributed by atoms with Crippen molar-refractivity contribution in [1.82, 2.24) is 15.3 Å². The number of aromatic nitrogens is 2. The number of hydrogen-bond acceptors (Lipinski definition) is 5. The second kappa shape index (κ2) is 7.96. The van der Waals surface area contributed by atoms with Crippen LogP contribution in [0.3, 0.4) is 0 Å². The van der Waals surface area contributed by atoms with Gasteiger partial charge in [0.05, 0.1) is 17.0 Å². The van der Waals surface area contributed by atoms with Crippen LogP contribution in [0.2, 0.25) is 0 Å². The number of nitrogen functional groups attached to an aromatic ring is 1. The molecule has 0 radical (unpaired) electrons. The third-order valence-electron chi connectivity index (χ3n) is 4.34. The highest BCUT2D eigenvalue weighted by Crippen LogP contribution is 2.32. The molecule has 0 aliphatic carbocycles. The van der Waals surface area contributed by atoms with Crippen molar-refractivity contribution in [3.8, 4) is 5.75 Å². The van der Waals surface area contributed by atoms with Crippen LogP contribution in [0.5, 0.6) is 5.75 Å². The topological polar surface area (TPSA) is 90.1 Å². The van der Waals surface area contributed by atoms with Gasteiger partial charge in [-0.1, -0.05) is 32.0 Å². The van der Waals surface area contributed by atoms with Crippen molar-refractivity contribution >= 4 is 11.9 Å². The summed E-state index contributed by atoms with van der Waals surface area (Å²) in [6.45, 7) is 7.91. The number of hydrogen-bond donors (Lipinski definition) is 2. The predicted octanol–water partition coefficient (Wildman–Crippen LogP) is 3.38. The molecule has 6 heteroatoms. The lowest BCUT2D eigenvalue weighted by molar-refractivity contribution is 0.0956. The molecule has 3 N–H and O–H groups in total. The summed E-state index contributed by atoms with van der Waals surface area (Å²) in [5.41, 5.74) is 8.36. The van der Waals surface area contributed by atoms with Gasteiger partial charge in [-0.05, 0) is 37.8 Å². The lowest BCUT2D eigenvalue weighted by Gasteiger charge is -2.21. The van der Waals surface area contributed by atoms with Crippen LogP contribution < -0.4 is 15.8 Å². The molecular weight excluding hydrogens is 316 g/mol. The lowest BCUT2D eigenvalue weighted by atomic mass is 9.97. The molecule has 1 amide bonds. The van der Waals surface area contributed by atoms with Gasteiger partial charge in [0, 0.05) is 7.05 Å². The van der Waals surface area contributed by atoms with Gasteiger partial charge < -0.3 is 15.8 Å². The van der Waals surface area contributed by atoms with Gasteiger partial charge >= 0.3 is 0 Å². The Morgan fingerprint density at radius 2 is 1.96 bits per heavy atom. The molecule has 0 fully saturated rings. The molecule has 1 aromatic carbocycles. The number of ether oxygens (including phenoxy) is 1. The van der Waals surface area contributed by atoms with Crippen LogP contribution in [0.1, 0.15) is 66.5 Å². The fraction of sp³-hybridized carbons (Fsp3) is 0.421. The first-order valence-electron chi connectivity index (χ1n) is 8.50. The van der Waals surface area contributed by atoms with E-state index in [1.807, 2.05) is 25.1 Å². The molecule has 0 spiro atoms. The Labute approximate surface area is 148 Å². The molecule has 0 saturated heterocycles. The maximum atomic E-state index is 12.3. The van der Waals surface area contributed by atoms with E-state index in [-0.39, 0.29) is 11.9 Å². The second-order valence-corrected chi connectivity index (χ2v) is 6.11. The zero-order valence-electron chi connectivity index (χ0n) is 15.5. The van der Waals surface area contributed by atoms with Crippen LogP contribution in [0, 0.1) is 6.92 Å². The van der Waals surface area contributed by atoms with E-state index >= 15 is 0 Å². The highest BCUT2D eigenvalue weighted by atomic mass is 16.5. The number of rotatable bonds is 6. The Balaban J connectivity index is 2.43. The summed E-state index contributed by atoms with van der Waals surface area (Å²) in [5.74, 6) is 1.05. The SMILES string of the molecule is CCC(C)c1ccccc1OC(C)c1nc(N)nc(C)c1C(=O)NC. The third-order valence-corrected chi connectivity index (χ3v) is 4.34. The Kier molecular flexibility index (Phi) is 5.96. The Hall–Kier alpha value is -2.63. The first kappa shape index (κ1) is 18.7. The van der Waals surface area contributed by atoms with E-state index in [1.54, 1.807) is 14.0 Å². The average molecular weight is 342 g/mol. The molecule has 0 aliphatic heterocycles. The van der Waals surface area contributed by atoms with Gasteiger partial charge in [0.25, 0.3) is 5.91 Å². The lowest BCUT2D eigenvalue weighted by Crippen LogP contribution is -2.25. The van der Waals surface area contributed by atoms with Crippen molar-refractivity contribution in [2.45, 2.75) is 46.1 Å². The standard InChI is InChI=1S/C19H26N4O2/c1-6-11(2)14-9-7-8-10-15(14)25-13(4)17-16(18(24)21-5)12(3)22-19(20)23-17/h7-11,13H,6H2,1-5H3,(H,21,24)(H2,20,22,23). The number of carbonyl (C=O) groups excluding carboxylic acids is 1. The molecule has 0 saturated carbocycles. The van der Waals surface area contributed by atoms with Gasteiger partial charge in [0.15, 0.2) is 0 Å². The van der Waals surface area contributed by atoms with Gasteiger partial charge in [0.1, 0.15) is 11.9 Å². The van der Waals surface area contributed by atoms with Gasteiger partial charge in [-0.3, -0.25) is 4.79 Å². The van der Waals surface area contributed by atoms with Crippen molar-refractivity contribution in [3.05, 3.63) is 46.8 Å². The number of carbonyl (C=O) groups is 1. The van der Waals surface area contributed by atoms with Crippen LogP contribution in [0.4, 0.5) is 5.95 Å². The fourth-order valence-electron chi connectivity index (χ4n) is 2.78. The summed E-state index contributed by atoms with van der Waals surface area (Å²) in [6.07, 6.45) is 0.569. The van der Waals surface area contributed by atoms with Crippen LogP contribution in [-0.4, -0.2) is 22.9 Å². The van der Waals surface area contributed by atoms with Crippen LogP contribution in [0.15, 0.2) is 24.3 Å². The minimum atomic E-state index is -0.443. The first-order valence-corrected chi connectivity index (χ1v) is 8.50. The second-order valence-electron chi connectivity index (χ2n) is 6.11. The normalized spacial score (nSPS) is 13.2. The van der Waals surface area contributed by atoms with Crippen molar-refractivity contribution in [3.63, 3.8) is 0 Å². The van der Waals surface area contributed by atoms with E-state index in [4.69, 9.17) is 10.5 Å².